The first-order valence-corrected chi connectivity index (χ1v) is 9.34. The van der Waals surface area contributed by atoms with E-state index in [0.717, 1.165) is 43.0 Å². The number of H-pyrrole nitrogens is 1. The van der Waals surface area contributed by atoms with Gasteiger partial charge in [0.2, 0.25) is 4.77 Å². The van der Waals surface area contributed by atoms with E-state index >= 15 is 0 Å². The summed E-state index contributed by atoms with van der Waals surface area (Å²) in [6.07, 6.45) is 1.80. The first-order chi connectivity index (χ1) is 13.2. The summed E-state index contributed by atoms with van der Waals surface area (Å²) in [6.45, 7) is 5.47. The molecule has 1 aliphatic rings. The van der Waals surface area contributed by atoms with Crippen molar-refractivity contribution in [1.29, 1.82) is 0 Å². The van der Waals surface area contributed by atoms with Crippen molar-refractivity contribution < 1.29 is 4.74 Å². The SMILES string of the molecule is Cc1ccccc1-c1n[nH]c(=S)n1/N=C/c1ccc(N2CCOCC2)cc1. The molecule has 6 nitrogen and oxygen atoms in total. The molecule has 0 aliphatic carbocycles. The second-order valence-corrected chi connectivity index (χ2v) is 6.80. The van der Waals surface area contributed by atoms with Crippen LogP contribution in [0, 0.1) is 11.7 Å². The maximum atomic E-state index is 5.41. The van der Waals surface area contributed by atoms with Gasteiger partial charge in [0.1, 0.15) is 0 Å². The summed E-state index contributed by atoms with van der Waals surface area (Å²) in [5.41, 5.74) is 4.34. The number of anilines is 1. The van der Waals surface area contributed by atoms with Gasteiger partial charge in [-0.1, -0.05) is 36.4 Å². The predicted octanol–water partition coefficient (Wildman–Crippen LogP) is 3.63. The molecule has 1 fully saturated rings. The molecule has 1 N–H and O–H groups in total. The summed E-state index contributed by atoms with van der Waals surface area (Å²) >= 11 is 5.35. The molecule has 1 saturated heterocycles. The molecule has 0 unspecified atom stereocenters. The fraction of sp³-hybridized carbons (Fsp3) is 0.250. The number of nitrogens with zero attached hydrogens (tertiary/aromatic N) is 4. The maximum absolute atomic E-state index is 5.41. The van der Waals surface area contributed by atoms with Gasteiger partial charge >= 0.3 is 0 Å². The number of aryl methyl sites for hydroxylation is 1. The molecule has 1 aliphatic heterocycles. The topological polar surface area (TPSA) is 58.4 Å². The average Bonchev–Trinajstić information content (AvgIpc) is 3.08. The second-order valence-electron chi connectivity index (χ2n) is 6.41. The van der Waals surface area contributed by atoms with Crippen LogP contribution in [-0.4, -0.2) is 47.4 Å². The summed E-state index contributed by atoms with van der Waals surface area (Å²) in [6, 6.07) is 16.4. The zero-order chi connectivity index (χ0) is 18.6. The molecule has 0 atom stereocenters. The van der Waals surface area contributed by atoms with Crippen LogP contribution >= 0.6 is 12.2 Å². The number of aromatic nitrogens is 3. The smallest absolute Gasteiger partial charge is 0.216 e. The molecule has 2 aromatic carbocycles. The van der Waals surface area contributed by atoms with Crippen LogP contribution in [0.2, 0.25) is 0 Å². The summed E-state index contributed by atoms with van der Waals surface area (Å²) in [5, 5.41) is 11.7. The third-order valence-corrected chi connectivity index (χ3v) is 4.89. The van der Waals surface area contributed by atoms with E-state index in [4.69, 9.17) is 17.0 Å². The lowest BCUT2D eigenvalue weighted by molar-refractivity contribution is 0.122. The largest absolute Gasteiger partial charge is 0.378 e. The lowest BCUT2D eigenvalue weighted by Gasteiger charge is -2.28. The molecular weight excluding hydrogens is 358 g/mol. The van der Waals surface area contributed by atoms with Crippen molar-refractivity contribution in [3.05, 3.63) is 64.4 Å². The molecule has 0 amide bonds. The number of rotatable bonds is 4. The van der Waals surface area contributed by atoms with Gasteiger partial charge in [0, 0.05) is 24.3 Å². The van der Waals surface area contributed by atoms with E-state index in [2.05, 4.69) is 44.5 Å². The minimum absolute atomic E-state index is 0.467. The van der Waals surface area contributed by atoms with Crippen LogP contribution in [0.15, 0.2) is 53.6 Å². The Morgan fingerprint density at radius 2 is 1.85 bits per heavy atom. The first kappa shape index (κ1) is 17.6. The number of aromatic amines is 1. The predicted molar refractivity (Wildman–Crippen MR) is 110 cm³/mol. The third kappa shape index (κ3) is 3.84. The molecule has 0 radical (unpaired) electrons. The van der Waals surface area contributed by atoms with Gasteiger partial charge < -0.3 is 9.64 Å². The van der Waals surface area contributed by atoms with Crippen molar-refractivity contribution in [2.24, 2.45) is 5.10 Å². The molecule has 4 rings (SSSR count). The van der Waals surface area contributed by atoms with E-state index in [0.29, 0.717) is 10.6 Å². The minimum Gasteiger partial charge on any atom is -0.378 e. The average molecular weight is 379 g/mol. The molecule has 0 saturated carbocycles. The molecule has 0 spiro atoms. The maximum Gasteiger partial charge on any atom is 0.216 e. The zero-order valence-electron chi connectivity index (χ0n) is 15.1. The normalized spacial score (nSPS) is 14.8. The molecule has 2 heterocycles. The Balaban J connectivity index is 1.58. The van der Waals surface area contributed by atoms with Crippen LogP contribution in [0.25, 0.3) is 11.4 Å². The van der Waals surface area contributed by atoms with E-state index in [-0.39, 0.29) is 0 Å². The van der Waals surface area contributed by atoms with Crippen molar-refractivity contribution in [2.75, 3.05) is 31.2 Å². The van der Waals surface area contributed by atoms with Gasteiger partial charge in [-0.15, -0.1) is 0 Å². The van der Waals surface area contributed by atoms with E-state index < -0.39 is 0 Å². The van der Waals surface area contributed by atoms with E-state index in [1.807, 2.05) is 31.2 Å². The number of morpholine rings is 1. The van der Waals surface area contributed by atoms with Crippen molar-refractivity contribution in [2.45, 2.75) is 6.92 Å². The highest BCUT2D eigenvalue weighted by molar-refractivity contribution is 7.71. The number of benzene rings is 2. The van der Waals surface area contributed by atoms with Crippen LogP contribution in [-0.2, 0) is 4.74 Å². The Hall–Kier alpha value is -2.77. The van der Waals surface area contributed by atoms with Gasteiger partial charge in [0.25, 0.3) is 0 Å². The summed E-state index contributed by atoms with van der Waals surface area (Å²) in [7, 11) is 0. The molecule has 1 aromatic heterocycles. The van der Waals surface area contributed by atoms with Crippen molar-refractivity contribution >= 4 is 24.1 Å². The van der Waals surface area contributed by atoms with E-state index in [1.54, 1.807) is 10.9 Å². The highest BCUT2D eigenvalue weighted by Gasteiger charge is 2.11. The van der Waals surface area contributed by atoms with Crippen LogP contribution < -0.4 is 4.90 Å². The molecule has 0 bridgehead atoms. The van der Waals surface area contributed by atoms with Crippen molar-refractivity contribution in [1.82, 2.24) is 14.9 Å². The Morgan fingerprint density at radius 3 is 2.59 bits per heavy atom. The Labute approximate surface area is 163 Å². The van der Waals surface area contributed by atoms with Crippen LogP contribution in [0.1, 0.15) is 11.1 Å². The fourth-order valence-electron chi connectivity index (χ4n) is 3.11. The molecule has 138 valence electrons. The summed E-state index contributed by atoms with van der Waals surface area (Å²) in [5.74, 6) is 0.708. The van der Waals surface area contributed by atoms with Gasteiger partial charge in [0.15, 0.2) is 5.82 Å². The number of nitrogens with one attached hydrogen (secondary N) is 1. The van der Waals surface area contributed by atoms with Crippen molar-refractivity contribution in [3.63, 3.8) is 0 Å². The lowest BCUT2D eigenvalue weighted by atomic mass is 10.1. The van der Waals surface area contributed by atoms with Gasteiger partial charge in [-0.2, -0.15) is 14.9 Å². The highest BCUT2D eigenvalue weighted by atomic mass is 32.1. The van der Waals surface area contributed by atoms with E-state index in [1.165, 1.54) is 5.69 Å². The van der Waals surface area contributed by atoms with E-state index in [9.17, 15) is 0 Å². The molecule has 7 heteroatoms. The first-order valence-electron chi connectivity index (χ1n) is 8.93. The third-order valence-electron chi connectivity index (χ3n) is 4.63. The molecular formula is C20H21N5OS. The van der Waals surface area contributed by atoms with Crippen LogP contribution in [0.5, 0.6) is 0 Å². The van der Waals surface area contributed by atoms with Gasteiger partial charge in [-0.3, -0.25) is 0 Å². The Kier molecular flexibility index (Phi) is 5.13. The zero-order valence-corrected chi connectivity index (χ0v) is 15.9. The van der Waals surface area contributed by atoms with Gasteiger partial charge in [-0.25, -0.2) is 5.10 Å². The number of hydrogen-bond donors (Lipinski definition) is 1. The lowest BCUT2D eigenvalue weighted by Crippen LogP contribution is -2.36. The number of ether oxygens (including phenoxy) is 1. The summed E-state index contributed by atoms with van der Waals surface area (Å²) < 4.78 is 7.54. The second kappa shape index (κ2) is 7.85. The van der Waals surface area contributed by atoms with Gasteiger partial charge in [-0.05, 0) is 42.4 Å². The molecule has 3 aromatic rings. The molecule has 27 heavy (non-hydrogen) atoms. The van der Waals surface area contributed by atoms with Crippen LogP contribution in [0.4, 0.5) is 5.69 Å². The van der Waals surface area contributed by atoms with Gasteiger partial charge in [0.05, 0.1) is 19.4 Å². The number of hydrogen-bond acceptors (Lipinski definition) is 5. The Morgan fingerprint density at radius 1 is 1.11 bits per heavy atom. The highest BCUT2D eigenvalue weighted by Crippen LogP contribution is 2.21. The Bertz CT molecular complexity index is 1000. The standard InChI is InChI=1S/C20H21N5OS/c1-15-4-2-3-5-18(15)19-22-23-20(27)25(19)21-14-16-6-8-17(9-7-16)24-10-12-26-13-11-24/h2-9,14H,10-13H2,1H3,(H,23,27)/b21-14+. The summed E-state index contributed by atoms with van der Waals surface area (Å²) in [4.78, 5) is 2.33. The monoisotopic (exact) mass is 379 g/mol. The van der Waals surface area contributed by atoms with Crippen molar-refractivity contribution in [3.8, 4) is 11.4 Å². The quantitative estimate of drug-likeness (QED) is 0.555. The van der Waals surface area contributed by atoms with Crippen LogP contribution in [0.3, 0.4) is 0 Å². The fourth-order valence-corrected chi connectivity index (χ4v) is 3.29. The minimum atomic E-state index is 0.467.